The zero-order valence-electron chi connectivity index (χ0n) is 11.2. The number of esters is 1. The summed E-state index contributed by atoms with van der Waals surface area (Å²) in [4.78, 5) is 23.5. The lowest BCUT2D eigenvalue weighted by molar-refractivity contribution is -0.153. The highest BCUT2D eigenvalue weighted by molar-refractivity contribution is 6.06. The van der Waals surface area contributed by atoms with E-state index < -0.39 is 11.6 Å². The summed E-state index contributed by atoms with van der Waals surface area (Å²) in [6.07, 6.45) is -0.308. The van der Waals surface area contributed by atoms with E-state index in [-0.39, 0.29) is 18.0 Å². The molecule has 0 aliphatic rings. The van der Waals surface area contributed by atoms with Crippen molar-refractivity contribution < 1.29 is 18.7 Å². The van der Waals surface area contributed by atoms with Gasteiger partial charge in [-0.15, -0.1) is 0 Å². The van der Waals surface area contributed by atoms with Crippen LogP contribution in [0.5, 0.6) is 0 Å². The van der Waals surface area contributed by atoms with Crippen molar-refractivity contribution in [3.05, 3.63) is 36.1 Å². The topological polar surface area (TPSA) is 56.5 Å². The summed E-state index contributed by atoms with van der Waals surface area (Å²) in [6.45, 7) is 5.28. The Morgan fingerprint density at radius 1 is 1.21 bits per heavy atom. The maximum atomic E-state index is 11.9. The second-order valence-electron chi connectivity index (χ2n) is 5.33. The molecule has 100 valence electrons. The molecule has 19 heavy (non-hydrogen) atoms. The summed E-state index contributed by atoms with van der Waals surface area (Å²) in [5.74, 6) is -0.726. The molecule has 0 N–H and O–H groups in total. The molecule has 0 radical (unpaired) electrons. The zero-order chi connectivity index (χ0) is 14.0. The van der Waals surface area contributed by atoms with Crippen LogP contribution in [0.4, 0.5) is 0 Å². The predicted molar refractivity (Wildman–Crippen MR) is 71.0 cm³/mol. The maximum absolute atomic E-state index is 11.9. The Bertz CT molecular complexity index is 583. The van der Waals surface area contributed by atoms with Crippen LogP contribution in [0.1, 0.15) is 37.7 Å². The highest BCUT2D eigenvalue weighted by atomic mass is 16.6. The number of benzene rings is 1. The number of rotatable bonds is 3. The lowest BCUT2D eigenvalue weighted by Gasteiger charge is -2.18. The number of ketones is 1. The minimum Gasteiger partial charge on any atom is -0.460 e. The fourth-order valence-electron chi connectivity index (χ4n) is 1.72. The quantitative estimate of drug-likeness (QED) is 0.482. The largest absolute Gasteiger partial charge is 0.460 e. The summed E-state index contributed by atoms with van der Waals surface area (Å²) in [5.41, 5.74) is 0.0423. The Hall–Kier alpha value is -2.10. The summed E-state index contributed by atoms with van der Waals surface area (Å²) < 4.78 is 10.5. The molecule has 1 heterocycles. The van der Waals surface area contributed by atoms with Crippen molar-refractivity contribution in [1.82, 2.24) is 0 Å². The van der Waals surface area contributed by atoms with Gasteiger partial charge >= 0.3 is 5.97 Å². The van der Waals surface area contributed by atoms with E-state index in [4.69, 9.17) is 9.15 Å². The van der Waals surface area contributed by atoms with Crippen LogP contribution in [0.25, 0.3) is 11.0 Å². The molecule has 0 bridgehead atoms. The van der Waals surface area contributed by atoms with E-state index in [9.17, 15) is 9.59 Å². The Morgan fingerprint density at radius 3 is 2.53 bits per heavy atom. The third kappa shape index (κ3) is 3.44. The van der Waals surface area contributed by atoms with E-state index in [1.165, 1.54) is 0 Å². The number of fused-ring (bicyclic) bond motifs is 1. The van der Waals surface area contributed by atoms with Crippen LogP contribution in [0.2, 0.25) is 0 Å². The molecular formula is C15H16O4. The summed E-state index contributed by atoms with van der Waals surface area (Å²) in [7, 11) is 0. The first kappa shape index (κ1) is 13.3. The summed E-state index contributed by atoms with van der Waals surface area (Å²) in [6, 6.07) is 8.96. The average Bonchev–Trinajstić information content (AvgIpc) is 2.69. The molecule has 1 aromatic carbocycles. The molecule has 0 saturated heterocycles. The highest BCUT2D eigenvalue weighted by Crippen LogP contribution is 2.20. The van der Waals surface area contributed by atoms with Crippen molar-refractivity contribution in [1.29, 1.82) is 0 Å². The van der Waals surface area contributed by atoms with E-state index in [1.807, 2.05) is 18.2 Å². The summed E-state index contributed by atoms with van der Waals surface area (Å²) in [5, 5.41) is 0.843. The van der Waals surface area contributed by atoms with Gasteiger partial charge in [-0.25, -0.2) is 0 Å². The number of para-hydroxylation sites is 1. The molecule has 0 spiro atoms. The van der Waals surface area contributed by atoms with Crippen molar-refractivity contribution in [2.75, 3.05) is 0 Å². The first-order valence-corrected chi connectivity index (χ1v) is 6.09. The summed E-state index contributed by atoms with van der Waals surface area (Å²) >= 11 is 0. The van der Waals surface area contributed by atoms with E-state index in [2.05, 4.69) is 0 Å². The van der Waals surface area contributed by atoms with Crippen LogP contribution in [0.3, 0.4) is 0 Å². The van der Waals surface area contributed by atoms with Crippen molar-refractivity contribution in [3.63, 3.8) is 0 Å². The Labute approximate surface area is 111 Å². The minimum absolute atomic E-state index is 0.187. The number of hydrogen-bond donors (Lipinski definition) is 0. The van der Waals surface area contributed by atoms with Gasteiger partial charge in [0.05, 0.1) is 0 Å². The Morgan fingerprint density at radius 2 is 1.89 bits per heavy atom. The van der Waals surface area contributed by atoms with Crippen LogP contribution >= 0.6 is 0 Å². The Balaban J connectivity index is 2.10. The number of furan rings is 1. The molecule has 0 unspecified atom stereocenters. The van der Waals surface area contributed by atoms with Gasteiger partial charge in [0.1, 0.15) is 17.6 Å². The van der Waals surface area contributed by atoms with E-state index >= 15 is 0 Å². The molecule has 0 atom stereocenters. The number of ether oxygens (including phenoxy) is 1. The standard InChI is InChI=1S/C15H16O4/c1-15(2,3)19-14(17)9-11(16)13-8-10-6-4-5-7-12(10)18-13/h4-8H,9H2,1-3H3. The third-order valence-electron chi connectivity index (χ3n) is 2.43. The van der Waals surface area contributed by atoms with E-state index in [0.29, 0.717) is 5.58 Å². The molecule has 0 aliphatic heterocycles. The van der Waals surface area contributed by atoms with Gasteiger partial charge in [0.2, 0.25) is 5.78 Å². The van der Waals surface area contributed by atoms with Gasteiger partial charge in [-0.05, 0) is 32.9 Å². The highest BCUT2D eigenvalue weighted by Gasteiger charge is 2.21. The number of hydrogen-bond acceptors (Lipinski definition) is 4. The number of carbonyl (C=O) groups is 2. The maximum Gasteiger partial charge on any atom is 0.314 e. The van der Waals surface area contributed by atoms with E-state index in [0.717, 1.165) is 5.39 Å². The second kappa shape index (κ2) is 4.88. The van der Waals surface area contributed by atoms with Crippen molar-refractivity contribution in [3.8, 4) is 0 Å². The third-order valence-corrected chi connectivity index (χ3v) is 2.43. The van der Waals surface area contributed by atoms with Gasteiger partial charge in [-0.1, -0.05) is 18.2 Å². The van der Waals surface area contributed by atoms with Crippen molar-refractivity contribution in [2.45, 2.75) is 32.8 Å². The molecular weight excluding hydrogens is 244 g/mol. The van der Waals surface area contributed by atoms with Gasteiger partial charge in [0, 0.05) is 5.39 Å². The molecule has 2 rings (SSSR count). The van der Waals surface area contributed by atoms with Gasteiger partial charge < -0.3 is 9.15 Å². The van der Waals surface area contributed by atoms with Crippen molar-refractivity contribution >= 4 is 22.7 Å². The molecule has 1 aromatic heterocycles. The van der Waals surface area contributed by atoms with Crippen LogP contribution in [0, 0.1) is 0 Å². The van der Waals surface area contributed by atoms with Gasteiger partial charge in [0.15, 0.2) is 5.76 Å². The molecule has 4 heteroatoms. The Kier molecular flexibility index (Phi) is 3.42. The van der Waals surface area contributed by atoms with Crippen molar-refractivity contribution in [2.24, 2.45) is 0 Å². The van der Waals surface area contributed by atoms with Crippen LogP contribution in [-0.2, 0) is 9.53 Å². The first-order valence-electron chi connectivity index (χ1n) is 6.09. The molecule has 2 aromatic rings. The SMILES string of the molecule is CC(C)(C)OC(=O)CC(=O)c1cc2ccccc2o1. The number of Topliss-reactive ketones (excluding diaryl/α,β-unsaturated/α-hetero) is 1. The molecule has 0 aliphatic carbocycles. The first-order chi connectivity index (χ1) is 8.85. The second-order valence-corrected chi connectivity index (χ2v) is 5.33. The lowest BCUT2D eigenvalue weighted by atomic mass is 10.1. The van der Waals surface area contributed by atoms with Crippen LogP contribution in [-0.4, -0.2) is 17.4 Å². The van der Waals surface area contributed by atoms with Crippen LogP contribution < -0.4 is 0 Å². The van der Waals surface area contributed by atoms with Gasteiger partial charge in [-0.3, -0.25) is 9.59 Å². The fourth-order valence-corrected chi connectivity index (χ4v) is 1.72. The predicted octanol–water partition coefficient (Wildman–Crippen LogP) is 3.35. The van der Waals surface area contributed by atoms with E-state index in [1.54, 1.807) is 32.9 Å². The van der Waals surface area contributed by atoms with Crippen LogP contribution in [0.15, 0.2) is 34.7 Å². The normalized spacial score (nSPS) is 11.5. The monoisotopic (exact) mass is 260 g/mol. The molecule has 0 fully saturated rings. The lowest BCUT2D eigenvalue weighted by Crippen LogP contribution is -2.25. The average molecular weight is 260 g/mol. The smallest absolute Gasteiger partial charge is 0.314 e. The van der Waals surface area contributed by atoms with Gasteiger partial charge in [-0.2, -0.15) is 0 Å². The minimum atomic E-state index is -0.592. The number of carbonyl (C=O) groups excluding carboxylic acids is 2. The zero-order valence-corrected chi connectivity index (χ0v) is 11.2. The fraction of sp³-hybridized carbons (Fsp3) is 0.333. The van der Waals surface area contributed by atoms with Gasteiger partial charge in [0.25, 0.3) is 0 Å². The molecule has 0 amide bonds. The molecule has 4 nitrogen and oxygen atoms in total. The molecule has 0 saturated carbocycles.